The fourth-order valence-electron chi connectivity index (χ4n) is 2.52. The first kappa shape index (κ1) is 16.2. The number of rotatable bonds is 6. The molecule has 1 heterocycles. The van der Waals surface area contributed by atoms with Gasteiger partial charge in [-0.3, -0.25) is 0 Å². The summed E-state index contributed by atoms with van der Waals surface area (Å²) in [5.41, 5.74) is 1.45. The standard InChI is InChI=1S/C18H29NO2/c1-5-9-19-10-8-18(3,4)15-6-7-16-17(11-15)21-13-14(2)12-20-16/h6-7,11,14,19H,5,8-10,12-13H2,1-4H3. The summed E-state index contributed by atoms with van der Waals surface area (Å²) in [6.07, 6.45) is 2.30. The fraction of sp³-hybridized carbons (Fsp3) is 0.667. The Hall–Kier alpha value is -1.22. The molecule has 1 aliphatic heterocycles. The van der Waals surface area contributed by atoms with E-state index < -0.39 is 0 Å². The molecular weight excluding hydrogens is 262 g/mol. The maximum absolute atomic E-state index is 5.90. The predicted molar refractivity (Wildman–Crippen MR) is 87.4 cm³/mol. The zero-order valence-electron chi connectivity index (χ0n) is 13.9. The summed E-state index contributed by atoms with van der Waals surface area (Å²) in [5.74, 6) is 2.21. The lowest BCUT2D eigenvalue weighted by Gasteiger charge is -2.26. The van der Waals surface area contributed by atoms with Crippen molar-refractivity contribution in [3.8, 4) is 11.5 Å². The van der Waals surface area contributed by atoms with Gasteiger partial charge in [-0.05, 0) is 49.0 Å². The second-order valence-corrected chi connectivity index (χ2v) is 6.77. The highest BCUT2D eigenvalue weighted by atomic mass is 16.5. The van der Waals surface area contributed by atoms with Crippen molar-refractivity contribution in [2.75, 3.05) is 26.3 Å². The second kappa shape index (κ2) is 7.17. The van der Waals surface area contributed by atoms with Crippen LogP contribution in [0.15, 0.2) is 18.2 Å². The van der Waals surface area contributed by atoms with Crippen LogP contribution >= 0.6 is 0 Å². The van der Waals surface area contributed by atoms with Crippen molar-refractivity contribution in [3.05, 3.63) is 23.8 Å². The van der Waals surface area contributed by atoms with E-state index in [4.69, 9.17) is 9.47 Å². The van der Waals surface area contributed by atoms with Gasteiger partial charge in [0.15, 0.2) is 11.5 Å². The molecule has 1 aliphatic rings. The van der Waals surface area contributed by atoms with Gasteiger partial charge < -0.3 is 14.8 Å². The molecule has 1 N–H and O–H groups in total. The number of nitrogens with one attached hydrogen (secondary N) is 1. The van der Waals surface area contributed by atoms with Crippen LogP contribution in [0.5, 0.6) is 11.5 Å². The van der Waals surface area contributed by atoms with Gasteiger partial charge >= 0.3 is 0 Å². The van der Waals surface area contributed by atoms with Crippen molar-refractivity contribution in [1.29, 1.82) is 0 Å². The third-order valence-electron chi connectivity index (χ3n) is 4.13. The number of hydrogen-bond donors (Lipinski definition) is 1. The van der Waals surface area contributed by atoms with Crippen LogP contribution in [0.4, 0.5) is 0 Å². The first-order chi connectivity index (χ1) is 10.0. The van der Waals surface area contributed by atoms with Gasteiger partial charge in [0.1, 0.15) is 0 Å². The van der Waals surface area contributed by atoms with Gasteiger partial charge in [-0.25, -0.2) is 0 Å². The lowest BCUT2D eigenvalue weighted by atomic mass is 9.81. The minimum Gasteiger partial charge on any atom is -0.489 e. The average Bonchev–Trinajstić information content (AvgIpc) is 2.65. The molecular formula is C18H29NO2. The minimum absolute atomic E-state index is 0.136. The first-order valence-corrected chi connectivity index (χ1v) is 8.14. The Morgan fingerprint density at radius 1 is 1.14 bits per heavy atom. The van der Waals surface area contributed by atoms with E-state index in [0.29, 0.717) is 5.92 Å². The van der Waals surface area contributed by atoms with Gasteiger partial charge in [0.25, 0.3) is 0 Å². The van der Waals surface area contributed by atoms with Crippen LogP contribution in [0.25, 0.3) is 0 Å². The summed E-state index contributed by atoms with van der Waals surface area (Å²) in [4.78, 5) is 0. The quantitative estimate of drug-likeness (QED) is 0.810. The van der Waals surface area contributed by atoms with Crippen molar-refractivity contribution in [2.24, 2.45) is 5.92 Å². The van der Waals surface area contributed by atoms with E-state index in [1.54, 1.807) is 0 Å². The van der Waals surface area contributed by atoms with E-state index in [2.05, 4.69) is 51.2 Å². The number of hydrogen-bond acceptors (Lipinski definition) is 3. The van der Waals surface area contributed by atoms with Crippen molar-refractivity contribution < 1.29 is 9.47 Å². The molecule has 0 saturated heterocycles. The van der Waals surface area contributed by atoms with Crippen LogP contribution in [0.3, 0.4) is 0 Å². The lowest BCUT2D eigenvalue weighted by molar-refractivity contribution is 0.228. The Balaban J connectivity index is 2.06. The summed E-state index contributed by atoms with van der Waals surface area (Å²) < 4.78 is 11.7. The van der Waals surface area contributed by atoms with E-state index in [9.17, 15) is 0 Å². The Kier molecular flexibility index (Phi) is 5.51. The topological polar surface area (TPSA) is 30.5 Å². The highest BCUT2D eigenvalue weighted by Crippen LogP contribution is 2.36. The molecule has 0 aromatic heterocycles. The summed E-state index contributed by atoms with van der Waals surface area (Å²) in [7, 11) is 0. The first-order valence-electron chi connectivity index (χ1n) is 8.14. The Morgan fingerprint density at radius 2 is 1.86 bits per heavy atom. The fourth-order valence-corrected chi connectivity index (χ4v) is 2.52. The summed E-state index contributed by atoms with van der Waals surface area (Å²) >= 11 is 0. The molecule has 0 fully saturated rings. The maximum atomic E-state index is 5.90. The van der Waals surface area contributed by atoms with Gasteiger partial charge in [0, 0.05) is 5.92 Å². The molecule has 118 valence electrons. The molecule has 0 saturated carbocycles. The smallest absolute Gasteiger partial charge is 0.161 e. The van der Waals surface area contributed by atoms with Crippen molar-refractivity contribution in [1.82, 2.24) is 5.32 Å². The van der Waals surface area contributed by atoms with Crippen LogP contribution < -0.4 is 14.8 Å². The summed E-state index contributed by atoms with van der Waals surface area (Å²) in [5, 5.41) is 3.48. The predicted octanol–water partition coefficient (Wildman–Crippen LogP) is 3.76. The molecule has 1 atom stereocenters. The Labute approximate surface area is 129 Å². The number of ether oxygens (including phenoxy) is 2. The summed E-state index contributed by atoms with van der Waals surface area (Å²) in [6, 6.07) is 6.40. The van der Waals surface area contributed by atoms with E-state index in [0.717, 1.165) is 44.2 Å². The van der Waals surface area contributed by atoms with Crippen LogP contribution in [0.2, 0.25) is 0 Å². The molecule has 0 bridgehead atoms. The molecule has 0 radical (unpaired) electrons. The third kappa shape index (κ3) is 4.37. The van der Waals surface area contributed by atoms with E-state index in [1.807, 2.05) is 0 Å². The molecule has 2 rings (SSSR count). The maximum Gasteiger partial charge on any atom is 0.161 e. The largest absolute Gasteiger partial charge is 0.489 e. The van der Waals surface area contributed by atoms with Crippen LogP contribution in [-0.2, 0) is 5.41 Å². The molecule has 0 spiro atoms. The van der Waals surface area contributed by atoms with E-state index >= 15 is 0 Å². The zero-order chi connectivity index (χ0) is 15.3. The number of fused-ring (bicyclic) bond motifs is 1. The molecule has 1 aromatic rings. The van der Waals surface area contributed by atoms with Gasteiger partial charge in [-0.15, -0.1) is 0 Å². The van der Waals surface area contributed by atoms with Gasteiger partial charge in [0.2, 0.25) is 0 Å². The molecule has 0 aliphatic carbocycles. The molecule has 21 heavy (non-hydrogen) atoms. The average molecular weight is 291 g/mol. The molecule has 1 aromatic carbocycles. The number of benzene rings is 1. The van der Waals surface area contributed by atoms with Gasteiger partial charge in [0.05, 0.1) is 13.2 Å². The minimum atomic E-state index is 0.136. The van der Waals surface area contributed by atoms with Gasteiger partial charge in [-0.1, -0.05) is 33.8 Å². The molecule has 1 unspecified atom stereocenters. The SMILES string of the molecule is CCCNCCC(C)(C)c1ccc2c(c1)OCC(C)CO2. The molecule has 0 amide bonds. The Bertz CT molecular complexity index is 457. The van der Waals surface area contributed by atoms with Gasteiger partial charge in [-0.2, -0.15) is 0 Å². The lowest BCUT2D eigenvalue weighted by Crippen LogP contribution is -2.26. The highest BCUT2D eigenvalue weighted by molar-refractivity contribution is 5.45. The van der Waals surface area contributed by atoms with Crippen molar-refractivity contribution >= 4 is 0 Å². The van der Waals surface area contributed by atoms with E-state index in [-0.39, 0.29) is 5.41 Å². The second-order valence-electron chi connectivity index (χ2n) is 6.77. The normalized spacial score (nSPS) is 18.4. The van der Waals surface area contributed by atoms with Crippen LogP contribution in [0, 0.1) is 5.92 Å². The monoisotopic (exact) mass is 291 g/mol. The van der Waals surface area contributed by atoms with Crippen LogP contribution in [0.1, 0.15) is 46.1 Å². The molecule has 3 heteroatoms. The van der Waals surface area contributed by atoms with Crippen LogP contribution in [-0.4, -0.2) is 26.3 Å². The van der Waals surface area contributed by atoms with Crippen molar-refractivity contribution in [3.63, 3.8) is 0 Å². The van der Waals surface area contributed by atoms with Crippen molar-refractivity contribution in [2.45, 2.75) is 46.0 Å². The zero-order valence-corrected chi connectivity index (χ0v) is 13.9. The molecule has 3 nitrogen and oxygen atoms in total. The highest BCUT2D eigenvalue weighted by Gasteiger charge is 2.23. The van der Waals surface area contributed by atoms with E-state index in [1.165, 1.54) is 12.0 Å². The third-order valence-corrected chi connectivity index (χ3v) is 4.13. The summed E-state index contributed by atoms with van der Waals surface area (Å²) in [6.45, 7) is 12.5. The Morgan fingerprint density at radius 3 is 2.57 bits per heavy atom.